The van der Waals surface area contributed by atoms with Gasteiger partial charge in [0.15, 0.2) is 0 Å². The van der Waals surface area contributed by atoms with Crippen LogP contribution in [0.15, 0.2) is 22.7 Å². The van der Waals surface area contributed by atoms with Crippen molar-refractivity contribution in [2.75, 3.05) is 13.1 Å². The molecular formula is C14H19BrN2. The van der Waals surface area contributed by atoms with E-state index in [1.54, 1.807) is 0 Å². The molecule has 0 spiro atoms. The van der Waals surface area contributed by atoms with Crippen molar-refractivity contribution in [3.63, 3.8) is 0 Å². The van der Waals surface area contributed by atoms with Gasteiger partial charge in [-0.05, 0) is 30.2 Å². The highest BCUT2D eigenvalue weighted by Gasteiger charge is 2.07. The van der Waals surface area contributed by atoms with Crippen LogP contribution in [-0.2, 0) is 13.1 Å². The zero-order chi connectivity index (χ0) is 12.7. The number of hydrogen-bond donors (Lipinski definition) is 1. The predicted molar refractivity (Wildman–Crippen MR) is 76.4 cm³/mol. The number of nitrogens with two attached hydrogens (primary N) is 1. The molecule has 0 saturated carbocycles. The molecule has 17 heavy (non-hydrogen) atoms. The lowest BCUT2D eigenvalue weighted by Crippen LogP contribution is -2.24. The van der Waals surface area contributed by atoms with Crippen LogP contribution in [0, 0.1) is 12.3 Å². The van der Waals surface area contributed by atoms with Crippen LogP contribution in [0.2, 0.25) is 0 Å². The third-order valence-corrected chi connectivity index (χ3v) is 3.34. The van der Waals surface area contributed by atoms with Crippen molar-refractivity contribution in [1.29, 1.82) is 0 Å². The van der Waals surface area contributed by atoms with Crippen LogP contribution in [0.1, 0.15) is 24.5 Å². The molecule has 0 aliphatic carbocycles. The van der Waals surface area contributed by atoms with E-state index >= 15 is 0 Å². The molecule has 3 heteroatoms. The molecule has 0 unspecified atom stereocenters. The summed E-state index contributed by atoms with van der Waals surface area (Å²) in [5.41, 5.74) is 8.00. The Morgan fingerprint density at radius 1 is 1.47 bits per heavy atom. The van der Waals surface area contributed by atoms with Gasteiger partial charge in [0.2, 0.25) is 0 Å². The molecule has 1 rings (SSSR count). The van der Waals surface area contributed by atoms with E-state index in [-0.39, 0.29) is 0 Å². The molecule has 0 saturated heterocycles. The van der Waals surface area contributed by atoms with E-state index in [1.807, 2.05) is 0 Å². The van der Waals surface area contributed by atoms with Gasteiger partial charge in [-0.3, -0.25) is 4.90 Å². The van der Waals surface area contributed by atoms with Crippen LogP contribution >= 0.6 is 15.9 Å². The average molecular weight is 295 g/mol. The Morgan fingerprint density at radius 3 is 2.76 bits per heavy atom. The number of benzene rings is 1. The molecule has 2 N–H and O–H groups in total. The second-order valence-corrected chi connectivity index (χ2v) is 4.90. The minimum absolute atomic E-state index is 0.571. The molecule has 0 heterocycles. The first-order chi connectivity index (χ1) is 8.21. The Hall–Kier alpha value is -0.820. The van der Waals surface area contributed by atoms with Gasteiger partial charge in [-0.2, -0.15) is 0 Å². The van der Waals surface area contributed by atoms with Crippen molar-refractivity contribution < 1.29 is 0 Å². The molecule has 92 valence electrons. The first kappa shape index (κ1) is 14.2. The van der Waals surface area contributed by atoms with Crippen LogP contribution in [0.4, 0.5) is 0 Å². The average Bonchev–Trinajstić information content (AvgIpc) is 2.32. The first-order valence-electron chi connectivity index (χ1n) is 5.84. The van der Waals surface area contributed by atoms with Gasteiger partial charge in [0.05, 0.1) is 6.54 Å². The third-order valence-electron chi connectivity index (χ3n) is 2.60. The van der Waals surface area contributed by atoms with Crippen molar-refractivity contribution in [2.45, 2.75) is 26.4 Å². The number of halogens is 1. The summed E-state index contributed by atoms with van der Waals surface area (Å²) in [6, 6.07) is 6.26. The standard InChI is InChI=1S/C14H19BrN2/c1-3-7-17(8-4-2)11-13-6-5-12(10-16)9-14(13)15/h1,5-6,9H,4,7-8,10-11,16H2,2H3. The maximum absolute atomic E-state index is 5.61. The lowest BCUT2D eigenvalue weighted by molar-refractivity contribution is 0.299. The number of nitrogens with zero attached hydrogens (tertiary/aromatic N) is 1. The van der Waals surface area contributed by atoms with Gasteiger partial charge in [-0.25, -0.2) is 0 Å². The van der Waals surface area contributed by atoms with Crippen LogP contribution in [0.3, 0.4) is 0 Å². The lowest BCUT2D eigenvalue weighted by atomic mass is 10.1. The van der Waals surface area contributed by atoms with E-state index in [4.69, 9.17) is 12.2 Å². The smallest absolute Gasteiger partial charge is 0.0601 e. The Morgan fingerprint density at radius 2 is 2.24 bits per heavy atom. The van der Waals surface area contributed by atoms with Crippen molar-refractivity contribution in [1.82, 2.24) is 4.90 Å². The van der Waals surface area contributed by atoms with Crippen molar-refractivity contribution in [3.05, 3.63) is 33.8 Å². The molecule has 2 nitrogen and oxygen atoms in total. The molecule has 0 fully saturated rings. The first-order valence-corrected chi connectivity index (χ1v) is 6.63. The van der Waals surface area contributed by atoms with Crippen LogP contribution in [0.5, 0.6) is 0 Å². The second kappa shape index (κ2) is 7.50. The maximum Gasteiger partial charge on any atom is 0.0601 e. The third kappa shape index (κ3) is 4.51. The molecular weight excluding hydrogens is 276 g/mol. The Balaban J connectivity index is 2.75. The van der Waals surface area contributed by atoms with Gasteiger partial charge in [0.1, 0.15) is 0 Å². The van der Waals surface area contributed by atoms with Gasteiger partial charge in [-0.1, -0.05) is 40.9 Å². The highest BCUT2D eigenvalue weighted by molar-refractivity contribution is 9.10. The number of terminal acetylenes is 1. The summed E-state index contributed by atoms with van der Waals surface area (Å²) in [6.45, 7) is 5.33. The summed E-state index contributed by atoms with van der Waals surface area (Å²) in [5.74, 6) is 2.71. The normalized spacial score (nSPS) is 10.5. The summed E-state index contributed by atoms with van der Waals surface area (Å²) in [6.07, 6.45) is 6.49. The largest absolute Gasteiger partial charge is 0.326 e. The topological polar surface area (TPSA) is 29.3 Å². The molecule has 0 aliphatic heterocycles. The highest BCUT2D eigenvalue weighted by Crippen LogP contribution is 2.20. The fourth-order valence-corrected chi connectivity index (χ4v) is 2.30. The monoisotopic (exact) mass is 294 g/mol. The van der Waals surface area contributed by atoms with Gasteiger partial charge < -0.3 is 5.73 Å². The lowest BCUT2D eigenvalue weighted by Gasteiger charge is -2.20. The predicted octanol–water partition coefficient (Wildman–Crippen LogP) is 2.75. The number of rotatable bonds is 6. The Bertz CT molecular complexity index is 396. The quantitative estimate of drug-likeness (QED) is 0.818. The van der Waals surface area contributed by atoms with Crippen molar-refractivity contribution in [2.24, 2.45) is 5.73 Å². The summed E-state index contributed by atoms with van der Waals surface area (Å²) in [5, 5.41) is 0. The fourth-order valence-electron chi connectivity index (χ4n) is 1.75. The number of hydrogen-bond acceptors (Lipinski definition) is 2. The second-order valence-electron chi connectivity index (χ2n) is 4.04. The van der Waals surface area contributed by atoms with Crippen LogP contribution in [0.25, 0.3) is 0 Å². The molecule has 0 bridgehead atoms. The zero-order valence-electron chi connectivity index (χ0n) is 10.2. The Labute approximate surface area is 112 Å². The summed E-state index contributed by atoms with van der Waals surface area (Å²) >= 11 is 3.58. The van der Waals surface area contributed by atoms with E-state index in [9.17, 15) is 0 Å². The zero-order valence-corrected chi connectivity index (χ0v) is 11.8. The van der Waals surface area contributed by atoms with Crippen molar-refractivity contribution in [3.8, 4) is 12.3 Å². The molecule has 0 aliphatic rings. The van der Waals surface area contributed by atoms with E-state index in [2.05, 4.69) is 51.9 Å². The summed E-state index contributed by atoms with van der Waals surface area (Å²) < 4.78 is 1.11. The van der Waals surface area contributed by atoms with E-state index in [0.717, 1.165) is 29.5 Å². The molecule has 1 aromatic rings. The van der Waals surface area contributed by atoms with E-state index in [1.165, 1.54) is 5.56 Å². The minimum Gasteiger partial charge on any atom is -0.326 e. The maximum atomic E-state index is 5.61. The van der Waals surface area contributed by atoms with Gasteiger partial charge in [-0.15, -0.1) is 6.42 Å². The molecule has 0 amide bonds. The summed E-state index contributed by atoms with van der Waals surface area (Å²) in [4.78, 5) is 2.27. The van der Waals surface area contributed by atoms with Crippen LogP contribution in [-0.4, -0.2) is 18.0 Å². The Kier molecular flexibility index (Phi) is 6.28. The van der Waals surface area contributed by atoms with E-state index in [0.29, 0.717) is 13.1 Å². The van der Waals surface area contributed by atoms with Crippen molar-refractivity contribution >= 4 is 15.9 Å². The SMILES string of the molecule is C#CCN(CCC)Cc1ccc(CN)cc1Br. The van der Waals surface area contributed by atoms with Crippen LogP contribution < -0.4 is 5.73 Å². The van der Waals surface area contributed by atoms with Gasteiger partial charge in [0, 0.05) is 17.6 Å². The fraction of sp³-hybridized carbons (Fsp3) is 0.429. The van der Waals surface area contributed by atoms with Gasteiger partial charge >= 0.3 is 0 Å². The minimum atomic E-state index is 0.571. The summed E-state index contributed by atoms with van der Waals surface area (Å²) in [7, 11) is 0. The molecule has 0 aromatic heterocycles. The molecule has 1 aromatic carbocycles. The molecule has 0 atom stereocenters. The van der Waals surface area contributed by atoms with Gasteiger partial charge in [0.25, 0.3) is 0 Å². The highest BCUT2D eigenvalue weighted by atomic mass is 79.9. The van der Waals surface area contributed by atoms with E-state index < -0.39 is 0 Å². The molecule has 0 radical (unpaired) electrons.